The molecule has 0 aromatic heterocycles. The van der Waals surface area contributed by atoms with Gasteiger partial charge in [0.2, 0.25) is 0 Å². The van der Waals surface area contributed by atoms with Gasteiger partial charge >= 0.3 is 0 Å². The maximum absolute atomic E-state index is 13.3. The van der Waals surface area contributed by atoms with Gasteiger partial charge in [-0.1, -0.05) is 26.0 Å². The van der Waals surface area contributed by atoms with Crippen molar-refractivity contribution >= 4 is 0 Å². The first kappa shape index (κ1) is 13.6. The highest BCUT2D eigenvalue weighted by atomic mass is 19.2. The van der Waals surface area contributed by atoms with E-state index < -0.39 is 28.7 Å². The van der Waals surface area contributed by atoms with Gasteiger partial charge in [0.1, 0.15) is 0 Å². The Morgan fingerprint density at radius 3 is 1.32 bits per heavy atom. The summed E-state index contributed by atoms with van der Waals surface area (Å²) in [6, 6.07) is 7.03. The Hall–Kier alpha value is -1.84. The third-order valence-electron chi connectivity index (χ3n) is 3.28. The lowest BCUT2D eigenvalue weighted by Gasteiger charge is -2.26. The minimum atomic E-state index is -0.965. The first-order valence-electron chi connectivity index (χ1n) is 5.73. The lowest BCUT2D eigenvalue weighted by molar-refractivity contribution is 0.496. The zero-order valence-electron chi connectivity index (χ0n) is 10.5. The van der Waals surface area contributed by atoms with E-state index in [2.05, 4.69) is 0 Å². The molecule has 4 heteroatoms. The van der Waals surface area contributed by atoms with Gasteiger partial charge in [-0.15, -0.1) is 0 Å². The molecule has 0 nitrogen and oxygen atoms in total. The molecule has 0 fully saturated rings. The summed E-state index contributed by atoms with van der Waals surface area (Å²) in [4.78, 5) is 0. The first-order chi connectivity index (χ1) is 8.82. The molecule has 0 aliphatic heterocycles. The highest BCUT2D eigenvalue weighted by Gasteiger charge is 2.25. The maximum Gasteiger partial charge on any atom is 0.159 e. The number of benzene rings is 2. The molecule has 0 heterocycles. The summed E-state index contributed by atoms with van der Waals surface area (Å²) < 4.78 is 52.4. The summed E-state index contributed by atoms with van der Waals surface area (Å²) >= 11 is 0. The van der Waals surface area contributed by atoms with E-state index in [4.69, 9.17) is 0 Å². The Morgan fingerprint density at radius 2 is 1.00 bits per heavy atom. The van der Waals surface area contributed by atoms with E-state index in [-0.39, 0.29) is 0 Å². The van der Waals surface area contributed by atoms with Crippen LogP contribution < -0.4 is 0 Å². The molecule has 0 radical (unpaired) electrons. The fourth-order valence-corrected chi connectivity index (χ4v) is 1.94. The van der Waals surface area contributed by atoms with Crippen LogP contribution in [0.25, 0.3) is 0 Å². The van der Waals surface area contributed by atoms with Crippen LogP contribution in [-0.4, -0.2) is 0 Å². The van der Waals surface area contributed by atoms with Crippen molar-refractivity contribution in [1.29, 1.82) is 0 Å². The molecule has 0 atom stereocenters. The van der Waals surface area contributed by atoms with Crippen molar-refractivity contribution in [3.05, 3.63) is 70.8 Å². The third-order valence-corrected chi connectivity index (χ3v) is 3.28. The van der Waals surface area contributed by atoms with E-state index in [0.717, 1.165) is 24.3 Å². The number of hydrogen-bond acceptors (Lipinski definition) is 0. The summed E-state index contributed by atoms with van der Waals surface area (Å²) in [7, 11) is 0. The van der Waals surface area contributed by atoms with Crippen LogP contribution >= 0.6 is 0 Å². The van der Waals surface area contributed by atoms with E-state index in [0.29, 0.717) is 11.1 Å². The van der Waals surface area contributed by atoms with E-state index in [1.54, 1.807) is 13.8 Å². The molecule has 0 saturated carbocycles. The van der Waals surface area contributed by atoms with Gasteiger partial charge in [-0.05, 0) is 35.4 Å². The predicted molar refractivity (Wildman–Crippen MR) is 64.8 cm³/mol. The molecule has 0 aliphatic carbocycles. The summed E-state index contributed by atoms with van der Waals surface area (Å²) in [5, 5.41) is 0. The fourth-order valence-electron chi connectivity index (χ4n) is 1.94. The van der Waals surface area contributed by atoms with Gasteiger partial charge in [0.05, 0.1) is 0 Å². The van der Waals surface area contributed by atoms with Gasteiger partial charge in [0, 0.05) is 5.41 Å². The molecule has 100 valence electrons. The van der Waals surface area contributed by atoms with Crippen LogP contribution in [0.3, 0.4) is 0 Å². The van der Waals surface area contributed by atoms with Crippen LogP contribution in [0.15, 0.2) is 36.4 Å². The average molecular weight is 268 g/mol. The Morgan fingerprint density at radius 1 is 0.632 bits per heavy atom. The highest BCUT2D eigenvalue weighted by molar-refractivity contribution is 5.38. The smallest absolute Gasteiger partial charge is 0.159 e. The molecule has 0 amide bonds. The van der Waals surface area contributed by atoms with E-state index >= 15 is 0 Å². The van der Waals surface area contributed by atoms with Crippen LogP contribution in [-0.2, 0) is 5.41 Å². The lowest BCUT2D eigenvalue weighted by atomic mass is 9.78. The van der Waals surface area contributed by atoms with E-state index in [1.165, 1.54) is 12.1 Å². The molecule has 2 aromatic rings. The van der Waals surface area contributed by atoms with Crippen molar-refractivity contribution in [3.63, 3.8) is 0 Å². The predicted octanol–water partition coefficient (Wildman–Crippen LogP) is 4.57. The maximum atomic E-state index is 13.3. The Bertz CT molecular complexity index is 564. The van der Waals surface area contributed by atoms with Crippen molar-refractivity contribution in [2.75, 3.05) is 0 Å². The summed E-state index contributed by atoms with van der Waals surface area (Å²) in [5.74, 6) is -3.81. The van der Waals surface area contributed by atoms with Gasteiger partial charge in [-0.3, -0.25) is 0 Å². The molecule has 0 unspecified atom stereocenters. The second-order valence-electron chi connectivity index (χ2n) is 4.88. The van der Waals surface area contributed by atoms with Gasteiger partial charge < -0.3 is 0 Å². The van der Waals surface area contributed by atoms with Crippen LogP contribution in [0.5, 0.6) is 0 Å². The zero-order chi connectivity index (χ0) is 14.2. The van der Waals surface area contributed by atoms with Crippen molar-refractivity contribution in [2.24, 2.45) is 0 Å². The lowest BCUT2D eigenvalue weighted by Crippen LogP contribution is -2.19. The molecule has 2 aromatic carbocycles. The largest absolute Gasteiger partial charge is 0.204 e. The first-order valence-corrected chi connectivity index (χ1v) is 5.73. The molecule has 0 spiro atoms. The average Bonchev–Trinajstić information content (AvgIpc) is 2.35. The molecule has 0 saturated heterocycles. The molecule has 2 rings (SSSR count). The molecular weight excluding hydrogens is 256 g/mol. The van der Waals surface area contributed by atoms with Crippen LogP contribution in [0, 0.1) is 23.3 Å². The van der Waals surface area contributed by atoms with E-state index in [1.807, 2.05) is 0 Å². The Balaban J connectivity index is 2.51. The number of rotatable bonds is 2. The standard InChI is InChI=1S/C15H12F4/c1-15(2,9-3-5-11(16)13(18)7-9)10-4-6-12(17)14(19)8-10/h3-8H,1-2H3. The Labute approximate surface area is 108 Å². The quantitative estimate of drug-likeness (QED) is 0.700. The summed E-state index contributed by atoms with van der Waals surface area (Å²) in [6.07, 6.45) is 0. The molecule has 19 heavy (non-hydrogen) atoms. The SMILES string of the molecule is CC(C)(c1ccc(F)c(F)c1)c1ccc(F)c(F)c1. The number of hydrogen-bond donors (Lipinski definition) is 0. The van der Waals surface area contributed by atoms with Crippen LogP contribution in [0.4, 0.5) is 17.6 Å². The van der Waals surface area contributed by atoms with Gasteiger partial charge in [-0.2, -0.15) is 0 Å². The highest BCUT2D eigenvalue weighted by Crippen LogP contribution is 2.32. The van der Waals surface area contributed by atoms with E-state index in [9.17, 15) is 17.6 Å². The van der Waals surface area contributed by atoms with Crippen LogP contribution in [0.1, 0.15) is 25.0 Å². The van der Waals surface area contributed by atoms with Crippen molar-refractivity contribution in [1.82, 2.24) is 0 Å². The van der Waals surface area contributed by atoms with Crippen molar-refractivity contribution in [3.8, 4) is 0 Å². The van der Waals surface area contributed by atoms with Gasteiger partial charge in [0.15, 0.2) is 23.3 Å². The summed E-state index contributed by atoms with van der Waals surface area (Å²) in [5.41, 5.74) is 0.207. The van der Waals surface area contributed by atoms with Crippen molar-refractivity contribution in [2.45, 2.75) is 19.3 Å². The minimum absolute atomic E-state index is 0.484. The fraction of sp³-hybridized carbons (Fsp3) is 0.200. The topological polar surface area (TPSA) is 0 Å². The zero-order valence-corrected chi connectivity index (χ0v) is 10.5. The molecule has 0 aliphatic rings. The number of halogens is 4. The molecule has 0 N–H and O–H groups in total. The second kappa shape index (κ2) is 4.68. The normalized spacial score (nSPS) is 11.7. The molecular formula is C15H12F4. The second-order valence-corrected chi connectivity index (χ2v) is 4.88. The van der Waals surface area contributed by atoms with Gasteiger partial charge in [0.25, 0.3) is 0 Å². The molecule has 0 bridgehead atoms. The van der Waals surface area contributed by atoms with Gasteiger partial charge in [-0.25, -0.2) is 17.6 Å². The Kier molecular flexibility index (Phi) is 3.35. The van der Waals surface area contributed by atoms with Crippen LogP contribution in [0.2, 0.25) is 0 Å². The third kappa shape index (κ3) is 2.48. The van der Waals surface area contributed by atoms with Crippen molar-refractivity contribution < 1.29 is 17.6 Å². The summed E-state index contributed by atoms with van der Waals surface area (Å²) in [6.45, 7) is 3.46. The minimum Gasteiger partial charge on any atom is -0.204 e. The monoisotopic (exact) mass is 268 g/mol.